The molecule has 112 valence electrons. The molecule has 1 aliphatic rings. The van der Waals surface area contributed by atoms with Crippen molar-refractivity contribution >= 4 is 17.6 Å². The van der Waals surface area contributed by atoms with Gasteiger partial charge in [-0.15, -0.1) is 0 Å². The molecule has 0 amide bonds. The van der Waals surface area contributed by atoms with Crippen LogP contribution in [-0.4, -0.2) is 34.3 Å². The van der Waals surface area contributed by atoms with Crippen molar-refractivity contribution in [3.05, 3.63) is 6.07 Å². The summed E-state index contributed by atoms with van der Waals surface area (Å²) in [5.74, 6) is 2.02. The molecule has 20 heavy (non-hydrogen) atoms. The molecule has 1 heterocycles. The van der Waals surface area contributed by atoms with Crippen LogP contribution in [0.2, 0.25) is 0 Å². The molecule has 0 aliphatic heterocycles. The second-order valence-corrected chi connectivity index (χ2v) is 5.42. The molecule has 1 saturated carbocycles. The van der Waals surface area contributed by atoms with E-state index < -0.39 is 0 Å². The van der Waals surface area contributed by atoms with Crippen LogP contribution < -0.4 is 16.4 Å². The predicted octanol–water partition coefficient (Wildman–Crippen LogP) is 1.84. The zero-order valence-electron chi connectivity index (χ0n) is 12.1. The van der Waals surface area contributed by atoms with Crippen molar-refractivity contribution in [2.75, 3.05) is 29.5 Å². The molecule has 1 aliphatic carbocycles. The van der Waals surface area contributed by atoms with Gasteiger partial charge in [-0.1, -0.05) is 19.8 Å². The number of rotatable bonds is 6. The molecule has 1 fully saturated rings. The van der Waals surface area contributed by atoms with Crippen molar-refractivity contribution < 1.29 is 5.11 Å². The van der Waals surface area contributed by atoms with Crippen LogP contribution in [0.15, 0.2) is 6.07 Å². The normalized spacial score (nSPS) is 22.5. The Morgan fingerprint density at radius 3 is 2.65 bits per heavy atom. The van der Waals surface area contributed by atoms with Gasteiger partial charge in [0, 0.05) is 25.1 Å². The van der Waals surface area contributed by atoms with Crippen LogP contribution in [0.4, 0.5) is 17.6 Å². The second kappa shape index (κ2) is 7.28. The number of hydrogen-bond acceptors (Lipinski definition) is 6. The highest BCUT2D eigenvalue weighted by Crippen LogP contribution is 2.24. The number of anilines is 3. The van der Waals surface area contributed by atoms with Gasteiger partial charge in [-0.05, 0) is 19.3 Å². The zero-order chi connectivity index (χ0) is 14.4. The minimum Gasteiger partial charge on any atom is -0.393 e. The molecule has 6 nitrogen and oxygen atoms in total. The van der Waals surface area contributed by atoms with Gasteiger partial charge in [-0.25, -0.2) is 0 Å². The van der Waals surface area contributed by atoms with Gasteiger partial charge in [-0.2, -0.15) is 9.97 Å². The topological polar surface area (TPSA) is 96.1 Å². The van der Waals surface area contributed by atoms with Gasteiger partial charge in [0.15, 0.2) is 0 Å². The number of aromatic nitrogens is 2. The molecule has 0 saturated heterocycles. The molecule has 1 aromatic rings. The molecule has 2 atom stereocenters. The van der Waals surface area contributed by atoms with Gasteiger partial charge in [0.2, 0.25) is 5.95 Å². The van der Waals surface area contributed by atoms with Crippen LogP contribution in [0.3, 0.4) is 0 Å². The summed E-state index contributed by atoms with van der Waals surface area (Å²) in [7, 11) is 0. The Hall–Kier alpha value is -1.56. The van der Waals surface area contributed by atoms with E-state index in [1.54, 1.807) is 0 Å². The Bertz CT molecular complexity index is 426. The molecule has 5 N–H and O–H groups in total. The third-order valence-corrected chi connectivity index (χ3v) is 3.71. The van der Waals surface area contributed by atoms with E-state index in [-0.39, 0.29) is 12.1 Å². The summed E-state index contributed by atoms with van der Waals surface area (Å²) in [4.78, 5) is 8.33. The lowest BCUT2D eigenvalue weighted by molar-refractivity contribution is 0.0763. The third kappa shape index (κ3) is 4.23. The van der Waals surface area contributed by atoms with Crippen molar-refractivity contribution in [2.45, 2.75) is 45.1 Å². The van der Waals surface area contributed by atoms with Gasteiger partial charge < -0.3 is 21.5 Å². The Morgan fingerprint density at radius 1 is 1.25 bits per heavy atom. The lowest BCUT2D eigenvalue weighted by Crippen LogP contribution is -2.30. The fourth-order valence-electron chi connectivity index (χ4n) is 2.56. The molecule has 2 unspecified atom stereocenters. The molecule has 6 heteroatoms. The number of aliphatic hydroxyl groups excluding tert-OH is 1. The first-order valence-electron chi connectivity index (χ1n) is 7.49. The number of nitrogens with two attached hydrogens (primary N) is 1. The monoisotopic (exact) mass is 279 g/mol. The smallest absolute Gasteiger partial charge is 0.223 e. The average molecular weight is 279 g/mol. The molecule has 0 radical (unpaired) electrons. The fraction of sp³-hybridized carbons (Fsp3) is 0.714. The van der Waals surface area contributed by atoms with E-state index in [1.807, 2.05) is 6.07 Å². The van der Waals surface area contributed by atoms with Crippen LogP contribution in [0, 0.1) is 5.92 Å². The maximum Gasteiger partial charge on any atom is 0.223 e. The molecule has 2 rings (SSSR count). The highest BCUT2D eigenvalue weighted by molar-refractivity contribution is 5.51. The first-order chi connectivity index (χ1) is 9.69. The highest BCUT2D eigenvalue weighted by atomic mass is 16.3. The Morgan fingerprint density at radius 2 is 1.95 bits per heavy atom. The molecular weight excluding hydrogens is 254 g/mol. The second-order valence-electron chi connectivity index (χ2n) is 5.42. The first kappa shape index (κ1) is 14.8. The van der Waals surface area contributed by atoms with E-state index in [1.165, 1.54) is 6.42 Å². The van der Waals surface area contributed by atoms with Crippen LogP contribution in [0.25, 0.3) is 0 Å². The minimum absolute atomic E-state index is 0.201. The Kier molecular flexibility index (Phi) is 5.40. The Balaban J connectivity index is 1.92. The van der Waals surface area contributed by atoms with Crippen LogP contribution in [0.5, 0.6) is 0 Å². The van der Waals surface area contributed by atoms with E-state index in [4.69, 9.17) is 5.73 Å². The maximum absolute atomic E-state index is 9.96. The summed E-state index contributed by atoms with van der Waals surface area (Å²) >= 11 is 0. The van der Waals surface area contributed by atoms with Gasteiger partial charge in [0.1, 0.15) is 11.6 Å². The number of hydrogen-bond donors (Lipinski definition) is 4. The Labute approximate surface area is 120 Å². The summed E-state index contributed by atoms with van der Waals surface area (Å²) in [5, 5.41) is 16.4. The zero-order valence-corrected chi connectivity index (χ0v) is 12.1. The van der Waals surface area contributed by atoms with Crippen molar-refractivity contribution in [1.29, 1.82) is 0 Å². The van der Waals surface area contributed by atoms with Crippen molar-refractivity contribution in [2.24, 2.45) is 5.92 Å². The molecule has 0 aromatic carbocycles. The number of nitrogen functional groups attached to an aromatic ring is 1. The fourth-order valence-corrected chi connectivity index (χ4v) is 2.56. The summed E-state index contributed by atoms with van der Waals surface area (Å²) in [6.07, 6.45) is 5.12. The lowest BCUT2D eigenvalue weighted by Gasteiger charge is -2.27. The minimum atomic E-state index is -0.201. The number of aliphatic hydroxyl groups is 1. The summed E-state index contributed by atoms with van der Waals surface area (Å²) in [6, 6.07) is 1.86. The van der Waals surface area contributed by atoms with Crippen molar-refractivity contribution in [1.82, 2.24) is 9.97 Å². The molecular formula is C14H25N5O. The van der Waals surface area contributed by atoms with Gasteiger partial charge >= 0.3 is 0 Å². The SMILES string of the molecule is CCCNc1cc(NCC2CCCCC2O)nc(N)n1. The summed E-state index contributed by atoms with van der Waals surface area (Å²) in [6.45, 7) is 3.68. The van der Waals surface area contributed by atoms with Gasteiger partial charge in [0.25, 0.3) is 0 Å². The van der Waals surface area contributed by atoms with Crippen LogP contribution >= 0.6 is 0 Å². The number of nitrogens with one attached hydrogen (secondary N) is 2. The first-order valence-corrected chi connectivity index (χ1v) is 7.49. The van der Waals surface area contributed by atoms with E-state index in [0.717, 1.165) is 44.6 Å². The summed E-state index contributed by atoms with van der Waals surface area (Å²) < 4.78 is 0. The van der Waals surface area contributed by atoms with Gasteiger partial charge in [-0.3, -0.25) is 0 Å². The quantitative estimate of drug-likeness (QED) is 0.634. The van der Waals surface area contributed by atoms with Crippen molar-refractivity contribution in [3.8, 4) is 0 Å². The van der Waals surface area contributed by atoms with E-state index in [0.29, 0.717) is 11.7 Å². The summed E-state index contributed by atoms with van der Waals surface area (Å²) in [5.41, 5.74) is 5.72. The molecule has 0 spiro atoms. The van der Waals surface area contributed by atoms with Crippen molar-refractivity contribution in [3.63, 3.8) is 0 Å². The third-order valence-electron chi connectivity index (χ3n) is 3.71. The number of nitrogens with zero attached hydrogens (tertiary/aromatic N) is 2. The lowest BCUT2D eigenvalue weighted by atomic mass is 9.86. The average Bonchev–Trinajstić information content (AvgIpc) is 2.44. The standard InChI is InChI=1S/C14H25N5O/c1-2-7-16-12-8-13(19-14(15)18-12)17-9-10-5-3-4-6-11(10)20/h8,10-11,20H,2-7,9H2,1H3,(H4,15,16,17,18,19). The van der Waals surface area contributed by atoms with Crippen LogP contribution in [0.1, 0.15) is 39.0 Å². The van der Waals surface area contributed by atoms with E-state index in [2.05, 4.69) is 27.5 Å². The molecule has 0 bridgehead atoms. The molecule has 1 aromatic heterocycles. The highest BCUT2D eigenvalue weighted by Gasteiger charge is 2.22. The van der Waals surface area contributed by atoms with E-state index >= 15 is 0 Å². The van der Waals surface area contributed by atoms with Crippen LogP contribution in [-0.2, 0) is 0 Å². The van der Waals surface area contributed by atoms with Gasteiger partial charge in [0.05, 0.1) is 6.10 Å². The largest absolute Gasteiger partial charge is 0.393 e. The maximum atomic E-state index is 9.96. The van der Waals surface area contributed by atoms with E-state index in [9.17, 15) is 5.11 Å². The predicted molar refractivity (Wildman–Crippen MR) is 81.7 cm³/mol.